The van der Waals surface area contributed by atoms with E-state index in [4.69, 9.17) is 4.74 Å². The molecule has 1 aliphatic rings. The van der Waals surface area contributed by atoms with Crippen molar-refractivity contribution in [3.05, 3.63) is 40.0 Å². The van der Waals surface area contributed by atoms with Crippen molar-refractivity contribution in [2.45, 2.75) is 19.6 Å². The molecule has 8 nitrogen and oxygen atoms in total. The number of nitrogens with zero attached hydrogens (tertiary/aromatic N) is 5. The van der Waals surface area contributed by atoms with Crippen LogP contribution in [0.25, 0.3) is 5.78 Å². The van der Waals surface area contributed by atoms with Gasteiger partial charge in [-0.05, 0) is 23.4 Å². The van der Waals surface area contributed by atoms with Crippen molar-refractivity contribution in [1.82, 2.24) is 24.5 Å². The quantitative estimate of drug-likeness (QED) is 0.741. The standard InChI is InChI=1S/C16H18N6O2S/c1-24-9-12-6-14(22-16(20-12)18-10-19-22)17-7-15(23)21-4-2-13-11(8-21)3-5-25-13/h3,5-6,10,17H,2,4,7-9H2,1H3. The molecule has 0 fully saturated rings. The number of hydrogen-bond acceptors (Lipinski definition) is 7. The maximum Gasteiger partial charge on any atom is 0.254 e. The highest BCUT2D eigenvalue weighted by Crippen LogP contribution is 2.24. The summed E-state index contributed by atoms with van der Waals surface area (Å²) in [7, 11) is 1.61. The number of methoxy groups -OCH3 is 1. The number of rotatable bonds is 5. The summed E-state index contributed by atoms with van der Waals surface area (Å²) >= 11 is 1.77. The van der Waals surface area contributed by atoms with E-state index in [2.05, 4.69) is 31.8 Å². The maximum absolute atomic E-state index is 12.6. The minimum atomic E-state index is 0.0650. The molecule has 25 heavy (non-hydrogen) atoms. The summed E-state index contributed by atoms with van der Waals surface area (Å²) in [4.78, 5) is 24.3. The van der Waals surface area contributed by atoms with Crippen LogP contribution in [-0.4, -0.2) is 50.6 Å². The molecule has 3 aromatic rings. The van der Waals surface area contributed by atoms with Gasteiger partial charge in [0.1, 0.15) is 12.1 Å². The number of aromatic nitrogens is 4. The van der Waals surface area contributed by atoms with Crippen LogP contribution in [0.3, 0.4) is 0 Å². The predicted molar refractivity (Wildman–Crippen MR) is 93.4 cm³/mol. The summed E-state index contributed by atoms with van der Waals surface area (Å²) in [6.45, 7) is 2.02. The zero-order chi connectivity index (χ0) is 17.2. The monoisotopic (exact) mass is 358 g/mol. The van der Waals surface area contributed by atoms with Crippen LogP contribution in [-0.2, 0) is 29.1 Å². The van der Waals surface area contributed by atoms with Crippen molar-refractivity contribution in [1.29, 1.82) is 0 Å². The smallest absolute Gasteiger partial charge is 0.254 e. The molecule has 0 atom stereocenters. The van der Waals surface area contributed by atoms with Crippen molar-refractivity contribution < 1.29 is 9.53 Å². The van der Waals surface area contributed by atoms with Gasteiger partial charge < -0.3 is 15.0 Å². The Labute approximate surface area is 148 Å². The van der Waals surface area contributed by atoms with E-state index in [1.807, 2.05) is 11.0 Å². The number of amides is 1. The van der Waals surface area contributed by atoms with Crippen molar-refractivity contribution in [2.24, 2.45) is 0 Å². The van der Waals surface area contributed by atoms with Gasteiger partial charge in [-0.3, -0.25) is 4.79 Å². The highest BCUT2D eigenvalue weighted by molar-refractivity contribution is 7.10. The maximum atomic E-state index is 12.6. The first-order chi connectivity index (χ1) is 12.2. The molecule has 0 unspecified atom stereocenters. The SMILES string of the molecule is COCc1cc(NCC(=O)N2CCc3sccc3C2)n2ncnc2n1. The summed E-state index contributed by atoms with van der Waals surface area (Å²) in [5.41, 5.74) is 1.99. The molecule has 0 radical (unpaired) electrons. The van der Waals surface area contributed by atoms with E-state index in [1.54, 1.807) is 23.0 Å². The summed E-state index contributed by atoms with van der Waals surface area (Å²) in [6, 6.07) is 3.93. The van der Waals surface area contributed by atoms with Gasteiger partial charge in [0.2, 0.25) is 5.91 Å². The number of nitrogens with one attached hydrogen (secondary N) is 1. The van der Waals surface area contributed by atoms with E-state index in [0.717, 1.165) is 18.7 Å². The molecule has 0 aromatic carbocycles. The molecular formula is C16H18N6O2S. The fourth-order valence-electron chi connectivity index (χ4n) is 2.95. The van der Waals surface area contributed by atoms with Crippen molar-refractivity contribution in [3.63, 3.8) is 0 Å². The second-order valence-corrected chi connectivity index (χ2v) is 6.83. The molecule has 0 bridgehead atoms. The van der Waals surface area contributed by atoms with Crippen LogP contribution in [0.4, 0.5) is 5.82 Å². The highest BCUT2D eigenvalue weighted by atomic mass is 32.1. The average molecular weight is 358 g/mol. The largest absolute Gasteiger partial charge is 0.378 e. The number of anilines is 1. The third-order valence-corrected chi connectivity index (χ3v) is 5.20. The molecule has 1 amide bonds. The molecule has 3 aromatic heterocycles. The van der Waals surface area contributed by atoms with Crippen LogP contribution in [0.1, 0.15) is 16.1 Å². The number of hydrogen-bond donors (Lipinski definition) is 1. The summed E-state index contributed by atoms with van der Waals surface area (Å²) < 4.78 is 6.72. The van der Waals surface area contributed by atoms with Crippen molar-refractivity contribution in [2.75, 3.05) is 25.5 Å². The van der Waals surface area contributed by atoms with Gasteiger partial charge in [0.05, 0.1) is 18.8 Å². The van der Waals surface area contributed by atoms with Gasteiger partial charge in [-0.15, -0.1) is 11.3 Å². The lowest BCUT2D eigenvalue weighted by molar-refractivity contribution is -0.130. The van der Waals surface area contributed by atoms with E-state index in [0.29, 0.717) is 24.7 Å². The zero-order valence-corrected chi connectivity index (χ0v) is 14.6. The van der Waals surface area contributed by atoms with Crippen LogP contribution in [0.15, 0.2) is 23.8 Å². The Morgan fingerprint density at radius 3 is 3.28 bits per heavy atom. The lowest BCUT2D eigenvalue weighted by Gasteiger charge is -2.27. The molecule has 0 saturated heterocycles. The van der Waals surface area contributed by atoms with Crippen LogP contribution < -0.4 is 5.32 Å². The molecule has 0 saturated carbocycles. The van der Waals surface area contributed by atoms with Gasteiger partial charge >= 0.3 is 0 Å². The van der Waals surface area contributed by atoms with Crippen LogP contribution in [0.2, 0.25) is 0 Å². The molecule has 1 N–H and O–H groups in total. The minimum Gasteiger partial charge on any atom is -0.378 e. The van der Waals surface area contributed by atoms with Crippen LogP contribution in [0, 0.1) is 0 Å². The first-order valence-electron chi connectivity index (χ1n) is 8.00. The van der Waals surface area contributed by atoms with E-state index in [9.17, 15) is 4.79 Å². The Morgan fingerprint density at radius 1 is 1.48 bits per heavy atom. The van der Waals surface area contributed by atoms with Gasteiger partial charge in [0.25, 0.3) is 5.78 Å². The second kappa shape index (κ2) is 6.77. The van der Waals surface area contributed by atoms with Gasteiger partial charge in [-0.25, -0.2) is 4.98 Å². The van der Waals surface area contributed by atoms with E-state index < -0.39 is 0 Å². The first-order valence-corrected chi connectivity index (χ1v) is 8.88. The molecule has 4 heterocycles. The van der Waals surface area contributed by atoms with Gasteiger partial charge in [-0.1, -0.05) is 0 Å². The van der Waals surface area contributed by atoms with E-state index in [-0.39, 0.29) is 12.5 Å². The Hall–Kier alpha value is -2.52. The number of carbonyl (C=O) groups is 1. The Bertz CT molecular complexity index is 905. The third kappa shape index (κ3) is 3.20. The molecule has 0 aliphatic carbocycles. The fourth-order valence-corrected chi connectivity index (χ4v) is 3.84. The van der Waals surface area contributed by atoms with E-state index >= 15 is 0 Å². The second-order valence-electron chi connectivity index (χ2n) is 5.83. The number of fused-ring (bicyclic) bond motifs is 2. The van der Waals surface area contributed by atoms with Crippen LogP contribution >= 0.6 is 11.3 Å². The normalized spacial score (nSPS) is 13.9. The predicted octanol–water partition coefficient (Wildman–Crippen LogP) is 1.33. The molecule has 4 rings (SSSR count). The van der Waals surface area contributed by atoms with Gasteiger partial charge in [0, 0.05) is 31.1 Å². The molecule has 130 valence electrons. The Morgan fingerprint density at radius 2 is 2.40 bits per heavy atom. The van der Waals surface area contributed by atoms with E-state index in [1.165, 1.54) is 16.8 Å². The minimum absolute atomic E-state index is 0.0650. The van der Waals surface area contributed by atoms with Gasteiger partial charge in [-0.2, -0.15) is 14.6 Å². The van der Waals surface area contributed by atoms with Crippen molar-refractivity contribution in [3.8, 4) is 0 Å². The summed E-state index contributed by atoms with van der Waals surface area (Å²) in [6.07, 6.45) is 2.37. The zero-order valence-electron chi connectivity index (χ0n) is 13.8. The fraction of sp³-hybridized carbons (Fsp3) is 0.375. The van der Waals surface area contributed by atoms with Crippen molar-refractivity contribution >= 4 is 28.8 Å². The lowest BCUT2D eigenvalue weighted by Crippen LogP contribution is -2.39. The summed E-state index contributed by atoms with van der Waals surface area (Å²) in [5.74, 6) is 1.22. The number of ether oxygens (including phenoxy) is 1. The first kappa shape index (κ1) is 16.0. The number of thiophene rings is 1. The Balaban J connectivity index is 1.47. The Kier molecular flexibility index (Phi) is 4.33. The lowest BCUT2D eigenvalue weighted by atomic mass is 10.1. The summed E-state index contributed by atoms with van der Waals surface area (Å²) in [5, 5.41) is 9.40. The molecular weight excluding hydrogens is 340 g/mol. The van der Waals surface area contributed by atoms with Crippen LogP contribution in [0.5, 0.6) is 0 Å². The van der Waals surface area contributed by atoms with Gasteiger partial charge in [0.15, 0.2) is 0 Å². The molecule has 1 aliphatic heterocycles. The highest BCUT2D eigenvalue weighted by Gasteiger charge is 2.21. The molecule has 0 spiro atoms. The topological polar surface area (TPSA) is 84.7 Å². The molecule has 9 heteroatoms. The number of carbonyl (C=O) groups excluding carboxylic acids is 1. The third-order valence-electron chi connectivity index (χ3n) is 4.18. The average Bonchev–Trinajstić information content (AvgIpc) is 3.27.